The minimum Gasteiger partial charge on any atom is -0.480 e. The van der Waals surface area contributed by atoms with E-state index < -0.39 is 24.0 Å². The molecule has 2 aromatic carbocycles. The number of carbonyl (C=O) groups is 2. The van der Waals surface area contributed by atoms with Gasteiger partial charge in [0, 0.05) is 11.1 Å². The Morgan fingerprint density at radius 1 is 1.00 bits per heavy atom. The molecule has 22 heavy (non-hydrogen) atoms. The summed E-state index contributed by atoms with van der Waals surface area (Å²) >= 11 is 0. The molecule has 0 bridgehead atoms. The van der Waals surface area contributed by atoms with Gasteiger partial charge >= 0.3 is 11.9 Å². The lowest BCUT2D eigenvalue weighted by molar-refractivity contribution is -0.138. The molecule has 2 unspecified atom stereocenters. The number of benzene rings is 2. The smallest absolute Gasteiger partial charge is 0.325 e. The highest BCUT2D eigenvalue weighted by atomic mass is 16.4. The van der Waals surface area contributed by atoms with Crippen LogP contribution in [-0.2, 0) is 9.59 Å². The van der Waals surface area contributed by atoms with Gasteiger partial charge in [-0.15, -0.1) is 0 Å². The Labute approximate surface area is 128 Å². The third-order valence-electron chi connectivity index (χ3n) is 2.92. The monoisotopic (exact) mass is 304 g/mol. The molecule has 2 atom stereocenters. The summed E-state index contributed by atoms with van der Waals surface area (Å²) in [6.07, 6.45) is 0. The molecule has 0 aliphatic heterocycles. The van der Waals surface area contributed by atoms with Crippen LogP contribution < -0.4 is 11.1 Å². The van der Waals surface area contributed by atoms with E-state index in [1.54, 1.807) is 6.92 Å². The highest BCUT2D eigenvalue weighted by molar-refractivity contribution is 5.95. The number of anilines is 1. The number of nitrogens with two attached hydrogens (primary N) is 1. The molecule has 0 saturated heterocycles. The van der Waals surface area contributed by atoms with Crippen LogP contribution in [0.4, 0.5) is 5.69 Å². The van der Waals surface area contributed by atoms with Crippen molar-refractivity contribution in [2.45, 2.75) is 25.9 Å². The predicted molar refractivity (Wildman–Crippen MR) is 86.0 cm³/mol. The fraction of sp³-hybridized carbons (Fsp3) is 0.250. The standard InChI is InChI=1S/C13H13NO2.C3H7NO2/c1-9(13(15)16)14-12-8-4-6-10-5-2-3-7-11(10)12;1-2(4)3(5)6/h2-9,14H,1H3,(H,15,16);2H,4H2,1H3,(H,5,6). The van der Waals surface area contributed by atoms with Gasteiger partial charge in [0.2, 0.25) is 0 Å². The third-order valence-corrected chi connectivity index (χ3v) is 2.92. The lowest BCUT2D eigenvalue weighted by atomic mass is 10.1. The highest BCUT2D eigenvalue weighted by Crippen LogP contribution is 2.23. The topological polar surface area (TPSA) is 113 Å². The number of hydrogen-bond donors (Lipinski definition) is 4. The second-order valence-corrected chi connectivity index (χ2v) is 4.86. The molecule has 0 saturated carbocycles. The summed E-state index contributed by atoms with van der Waals surface area (Å²) in [5.41, 5.74) is 5.69. The number of hydrogen-bond acceptors (Lipinski definition) is 4. The van der Waals surface area contributed by atoms with Gasteiger partial charge in [-0.05, 0) is 25.3 Å². The average Bonchev–Trinajstić information content (AvgIpc) is 2.48. The van der Waals surface area contributed by atoms with E-state index in [2.05, 4.69) is 5.32 Å². The first-order chi connectivity index (χ1) is 10.3. The van der Waals surface area contributed by atoms with E-state index in [4.69, 9.17) is 15.9 Å². The number of rotatable bonds is 4. The lowest BCUT2D eigenvalue weighted by Gasteiger charge is -2.12. The first-order valence-electron chi connectivity index (χ1n) is 6.78. The van der Waals surface area contributed by atoms with Crippen molar-refractivity contribution in [3.63, 3.8) is 0 Å². The van der Waals surface area contributed by atoms with Gasteiger partial charge in [0.15, 0.2) is 0 Å². The van der Waals surface area contributed by atoms with Crippen LogP contribution in [0.15, 0.2) is 42.5 Å². The third kappa shape index (κ3) is 5.06. The summed E-state index contributed by atoms with van der Waals surface area (Å²) in [6, 6.07) is 12.4. The first kappa shape index (κ1) is 17.5. The Hall–Kier alpha value is -2.60. The van der Waals surface area contributed by atoms with Gasteiger partial charge in [-0.25, -0.2) is 0 Å². The zero-order valence-electron chi connectivity index (χ0n) is 12.5. The lowest BCUT2D eigenvalue weighted by Crippen LogP contribution is -2.25. The minimum absolute atomic E-state index is 0.592. The second kappa shape index (κ2) is 7.99. The van der Waals surface area contributed by atoms with Crippen LogP contribution in [0.25, 0.3) is 10.8 Å². The maximum Gasteiger partial charge on any atom is 0.325 e. The summed E-state index contributed by atoms with van der Waals surface area (Å²) in [4.78, 5) is 20.4. The fourth-order valence-electron chi connectivity index (χ4n) is 1.65. The molecule has 0 aliphatic rings. The van der Waals surface area contributed by atoms with Gasteiger partial charge in [0.1, 0.15) is 12.1 Å². The van der Waals surface area contributed by atoms with Crippen molar-refractivity contribution >= 4 is 28.4 Å². The van der Waals surface area contributed by atoms with Crippen molar-refractivity contribution in [1.29, 1.82) is 0 Å². The van der Waals surface area contributed by atoms with Crippen molar-refractivity contribution in [2.75, 3.05) is 5.32 Å². The zero-order valence-corrected chi connectivity index (χ0v) is 12.5. The van der Waals surface area contributed by atoms with E-state index in [9.17, 15) is 9.59 Å². The Balaban J connectivity index is 0.000000346. The van der Waals surface area contributed by atoms with Crippen LogP contribution >= 0.6 is 0 Å². The second-order valence-electron chi connectivity index (χ2n) is 4.86. The van der Waals surface area contributed by atoms with E-state index in [1.807, 2.05) is 42.5 Å². The molecule has 5 N–H and O–H groups in total. The molecule has 2 aromatic rings. The highest BCUT2D eigenvalue weighted by Gasteiger charge is 2.11. The summed E-state index contributed by atoms with van der Waals surface area (Å²) in [7, 11) is 0. The van der Waals surface area contributed by atoms with Gasteiger partial charge in [-0.1, -0.05) is 36.4 Å². The summed E-state index contributed by atoms with van der Waals surface area (Å²) < 4.78 is 0. The van der Waals surface area contributed by atoms with Crippen molar-refractivity contribution in [3.05, 3.63) is 42.5 Å². The molecular weight excluding hydrogens is 284 g/mol. The van der Waals surface area contributed by atoms with E-state index in [0.717, 1.165) is 16.5 Å². The molecule has 0 amide bonds. The molecule has 2 rings (SSSR count). The molecule has 118 valence electrons. The fourth-order valence-corrected chi connectivity index (χ4v) is 1.65. The number of carboxylic acid groups (broad SMARTS) is 2. The predicted octanol–water partition coefficient (Wildman–Crippen LogP) is 2.14. The molecular formula is C16H20N2O4. The van der Waals surface area contributed by atoms with Gasteiger partial charge in [0.05, 0.1) is 0 Å². The number of carboxylic acids is 2. The Bertz CT molecular complexity index is 650. The maximum absolute atomic E-state index is 10.8. The van der Waals surface area contributed by atoms with Crippen molar-refractivity contribution in [1.82, 2.24) is 0 Å². The van der Waals surface area contributed by atoms with Crippen LogP contribution in [0.3, 0.4) is 0 Å². The number of nitrogens with one attached hydrogen (secondary N) is 1. The van der Waals surface area contributed by atoms with Crippen LogP contribution in [0.2, 0.25) is 0 Å². The van der Waals surface area contributed by atoms with E-state index in [0.29, 0.717) is 0 Å². The van der Waals surface area contributed by atoms with Crippen LogP contribution in [0.1, 0.15) is 13.8 Å². The molecule has 6 heteroatoms. The van der Waals surface area contributed by atoms with Crippen molar-refractivity contribution < 1.29 is 19.8 Å². The largest absolute Gasteiger partial charge is 0.480 e. The zero-order chi connectivity index (χ0) is 16.7. The van der Waals surface area contributed by atoms with E-state index in [1.165, 1.54) is 6.92 Å². The average molecular weight is 304 g/mol. The normalized spacial score (nSPS) is 12.7. The molecule has 0 aliphatic carbocycles. The molecule has 0 spiro atoms. The summed E-state index contributed by atoms with van der Waals surface area (Å²) in [6.45, 7) is 3.05. The van der Waals surface area contributed by atoms with Gasteiger partial charge in [0.25, 0.3) is 0 Å². The molecule has 6 nitrogen and oxygen atoms in total. The van der Waals surface area contributed by atoms with Gasteiger partial charge < -0.3 is 21.3 Å². The SMILES string of the molecule is CC(N)C(=O)O.CC(Nc1cccc2ccccc12)C(=O)O. The summed E-state index contributed by atoms with van der Waals surface area (Å²) in [5, 5.41) is 21.8. The molecule has 0 fully saturated rings. The van der Waals surface area contributed by atoms with E-state index >= 15 is 0 Å². The van der Waals surface area contributed by atoms with E-state index in [-0.39, 0.29) is 0 Å². The van der Waals surface area contributed by atoms with Crippen LogP contribution in [0.5, 0.6) is 0 Å². The Morgan fingerprint density at radius 3 is 2.09 bits per heavy atom. The first-order valence-corrected chi connectivity index (χ1v) is 6.78. The van der Waals surface area contributed by atoms with Crippen LogP contribution in [-0.4, -0.2) is 34.2 Å². The van der Waals surface area contributed by atoms with Crippen LogP contribution in [0, 0.1) is 0 Å². The minimum atomic E-state index is -0.963. The van der Waals surface area contributed by atoms with Crippen molar-refractivity contribution in [3.8, 4) is 0 Å². The quantitative estimate of drug-likeness (QED) is 0.688. The Kier molecular flexibility index (Phi) is 6.34. The Morgan fingerprint density at radius 2 is 1.55 bits per heavy atom. The van der Waals surface area contributed by atoms with Gasteiger partial charge in [-0.2, -0.15) is 0 Å². The van der Waals surface area contributed by atoms with Gasteiger partial charge in [-0.3, -0.25) is 9.59 Å². The number of aliphatic carboxylic acids is 2. The van der Waals surface area contributed by atoms with Crippen molar-refractivity contribution in [2.24, 2.45) is 5.73 Å². The maximum atomic E-state index is 10.8. The molecule has 0 aromatic heterocycles. The molecule has 0 radical (unpaired) electrons. The summed E-state index contributed by atoms with van der Waals surface area (Å²) in [5.74, 6) is -1.82. The molecule has 0 heterocycles. The number of fused-ring (bicyclic) bond motifs is 1.